The minimum Gasteiger partial charge on any atom is -0.437 e. The Bertz CT molecular complexity index is 1680. The fourth-order valence-electron chi connectivity index (χ4n) is 4.94. The monoisotopic (exact) mass is 562 g/mol. The lowest BCUT2D eigenvalue weighted by Gasteiger charge is -2.26. The first kappa shape index (κ1) is 26.4. The Kier molecular flexibility index (Phi) is 6.79. The van der Waals surface area contributed by atoms with Crippen molar-refractivity contribution in [3.05, 3.63) is 66.5 Å². The second-order valence-corrected chi connectivity index (χ2v) is 12.9. The van der Waals surface area contributed by atoms with Gasteiger partial charge in [-0.05, 0) is 56.5 Å². The zero-order valence-electron chi connectivity index (χ0n) is 22.3. The van der Waals surface area contributed by atoms with Crippen LogP contribution in [0.15, 0.2) is 60.9 Å². The third kappa shape index (κ3) is 5.18. The van der Waals surface area contributed by atoms with E-state index in [0.29, 0.717) is 66.9 Å². The fourth-order valence-corrected chi connectivity index (χ4v) is 6.29. The highest BCUT2D eigenvalue weighted by Gasteiger charge is 2.50. The van der Waals surface area contributed by atoms with E-state index in [1.54, 1.807) is 37.5 Å². The highest BCUT2D eigenvalue weighted by atomic mass is 32.2. The number of nitrogens with one attached hydrogen (secondary N) is 3. The second kappa shape index (κ2) is 10.3. The Hall–Kier alpha value is -3.83. The molecule has 0 spiro atoms. The number of ether oxygens (including phenoxy) is 1. The number of benzene rings is 2. The van der Waals surface area contributed by atoms with E-state index in [1.165, 1.54) is 0 Å². The summed E-state index contributed by atoms with van der Waals surface area (Å²) >= 11 is 0. The van der Waals surface area contributed by atoms with Crippen molar-refractivity contribution in [2.75, 3.05) is 23.1 Å². The summed E-state index contributed by atoms with van der Waals surface area (Å²) in [4.78, 5) is 13.5. The van der Waals surface area contributed by atoms with Gasteiger partial charge in [0.05, 0.1) is 21.7 Å². The van der Waals surface area contributed by atoms with Crippen LogP contribution in [0.4, 0.5) is 16.0 Å². The number of hydrogen-bond donors (Lipinski definition) is 3. The number of alkyl halides is 1. The van der Waals surface area contributed by atoms with E-state index < -0.39 is 20.9 Å². The first-order chi connectivity index (χ1) is 19.2. The van der Waals surface area contributed by atoms with Crippen LogP contribution in [0.25, 0.3) is 22.0 Å². The van der Waals surface area contributed by atoms with Crippen LogP contribution < -0.4 is 20.1 Å². The van der Waals surface area contributed by atoms with Crippen molar-refractivity contribution in [3.63, 3.8) is 0 Å². The molecule has 1 saturated heterocycles. The fraction of sp³-hybridized carbons (Fsp3) is 0.345. The number of sulfonamides is 1. The molecular weight excluding hydrogens is 531 g/mol. The van der Waals surface area contributed by atoms with Crippen molar-refractivity contribution in [2.45, 2.75) is 50.1 Å². The molecule has 40 heavy (non-hydrogen) atoms. The summed E-state index contributed by atoms with van der Waals surface area (Å²) in [5.74, 6) is 1.32. The lowest BCUT2D eigenvalue weighted by molar-refractivity contribution is 0.254. The van der Waals surface area contributed by atoms with Crippen LogP contribution in [0.5, 0.6) is 11.6 Å². The molecule has 2 fully saturated rings. The Balaban J connectivity index is 1.33. The van der Waals surface area contributed by atoms with Gasteiger partial charge in [0.1, 0.15) is 11.9 Å². The number of fused-ring (bicyclic) bond motifs is 1. The molecule has 6 rings (SSSR count). The van der Waals surface area contributed by atoms with Gasteiger partial charge in [-0.25, -0.2) is 27.8 Å². The predicted octanol–water partition coefficient (Wildman–Crippen LogP) is 5.20. The molecule has 0 radical (unpaired) electrons. The molecule has 9 nitrogen and oxygen atoms in total. The van der Waals surface area contributed by atoms with Gasteiger partial charge in [-0.2, -0.15) is 0 Å². The standard InChI is InChI=1S/C29H31FN6O3S/c1-18-14-25(36-40(37,38)29(2)10-11-29)21-6-3-4-7-22(21)26(18)39-27-23(8-5-12-32-27)24-9-13-33-28(35-24)34-20-15-19(30)16-31-17-20/h3-9,12-14,19-20,31,36H,10-11,15-17H2,1-2H3,(H,33,34,35)/t19-,20-/m0/s1. The summed E-state index contributed by atoms with van der Waals surface area (Å²) < 4.78 is 48.4. The number of anilines is 2. The largest absolute Gasteiger partial charge is 0.437 e. The number of aryl methyl sites for hydroxylation is 1. The SMILES string of the molecule is Cc1cc(NS(=O)(=O)C2(C)CC2)c2ccccc2c1Oc1ncccc1-c1ccnc(N[C@@H]2CNC[C@@H](F)C2)n1. The maximum atomic E-state index is 13.8. The van der Waals surface area contributed by atoms with Crippen molar-refractivity contribution in [1.82, 2.24) is 20.3 Å². The number of pyridine rings is 1. The maximum Gasteiger partial charge on any atom is 0.238 e. The summed E-state index contributed by atoms with van der Waals surface area (Å²) in [5.41, 5.74) is 2.54. The molecule has 2 atom stereocenters. The molecule has 3 heterocycles. The second-order valence-electron chi connectivity index (χ2n) is 10.7. The summed E-state index contributed by atoms with van der Waals surface area (Å²) in [6.45, 7) is 4.63. The van der Waals surface area contributed by atoms with E-state index in [2.05, 4.69) is 30.3 Å². The Morgan fingerprint density at radius 2 is 1.85 bits per heavy atom. The molecule has 11 heteroatoms. The molecule has 4 aromatic rings. The molecule has 2 aliphatic rings. The normalized spacial score (nSPS) is 20.2. The first-order valence-electron chi connectivity index (χ1n) is 13.3. The summed E-state index contributed by atoms with van der Waals surface area (Å²) in [6, 6.07) is 14.7. The van der Waals surface area contributed by atoms with Gasteiger partial charge in [0.15, 0.2) is 0 Å². The topological polar surface area (TPSA) is 118 Å². The van der Waals surface area contributed by atoms with Crippen LogP contribution in [-0.4, -0.2) is 53.4 Å². The van der Waals surface area contributed by atoms with Gasteiger partial charge >= 0.3 is 0 Å². The number of piperidine rings is 1. The lowest BCUT2D eigenvalue weighted by atomic mass is 10.0. The van der Waals surface area contributed by atoms with Gasteiger partial charge in [-0.15, -0.1) is 0 Å². The lowest BCUT2D eigenvalue weighted by Crippen LogP contribution is -2.44. The summed E-state index contributed by atoms with van der Waals surface area (Å²) in [5, 5.41) is 7.78. The van der Waals surface area contributed by atoms with Gasteiger partial charge in [0.2, 0.25) is 21.9 Å². The van der Waals surface area contributed by atoms with Gasteiger partial charge in [-0.1, -0.05) is 24.3 Å². The summed E-state index contributed by atoms with van der Waals surface area (Å²) in [7, 11) is -3.53. The highest BCUT2D eigenvalue weighted by molar-refractivity contribution is 7.94. The molecular formula is C29H31FN6O3S. The molecule has 1 aliphatic heterocycles. The third-order valence-corrected chi connectivity index (χ3v) is 9.75. The third-order valence-electron chi connectivity index (χ3n) is 7.56. The molecule has 2 aromatic heterocycles. The van der Waals surface area contributed by atoms with E-state index >= 15 is 0 Å². The number of hydrogen-bond acceptors (Lipinski definition) is 8. The van der Waals surface area contributed by atoms with Crippen molar-refractivity contribution in [1.29, 1.82) is 0 Å². The van der Waals surface area contributed by atoms with Gasteiger partial charge in [-0.3, -0.25) is 4.72 Å². The van der Waals surface area contributed by atoms with Gasteiger partial charge in [0.25, 0.3) is 0 Å². The highest BCUT2D eigenvalue weighted by Crippen LogP contribution is 2.45. The Labute approximate surface area is 232 Å². The maximum absolute atomic E-state index is 13.8. The molecule has 0 amide bonds. The van der Waals surface area contributed by atoms with Crippen molar-refractivity contribution < 1.29 is 17.5 Å². The average molecular weight is 563 g/mol. The van der Waals surface area contributed by atoms with Crippen LogP contribution in [0.3, 0.4) is 0 Å². The van der Waals surface area contributed by atoms with Crippen LogP contribution in [0.2, 0.25) is 0 Å². The number of halogens is 1. The van der Waals surface area contributed by atoms with Crippen LogP contribution in [0, 0.1) is 6.92 Å². The van der Waals surface area contributed by atoms with E-state index in [4.69, 9.17) is 4.74 Å². The Morgan fingerprint density at radius 3 is 2.62 bits per heavy atom. The molecule has 1 saturated carbocycles. The van der Waals surface area contributed by atoms with Crippen LogP contribution in [-0.2, 0) is 10.0 Å². The smallest absolute Gasteiger partial charge is 0.238 e. The quantitative estimate of drug-likeness (QED) is 0.268. The molecule has 1 aliphatic carbocycles. The number of nitrogens with zero attached hydrogens (tertiary/aromatic N) is 3. The first-order valence-corrected chi connectivity index (χ1v) is 14.8. The molecule has 208 valence electrons. The molecule has 2 aromatic carbocycles. The van der Waals surface area contributed by atoms with Crippen LogP contribution in [0.1, 0.15) is 31.7 Å². The number of aromatic nitrogens is 3. The van der Waals surface area contributed by atoms with E-state index in [0.717, 1.165) is 16.3 Å². The van der Waals surface area contributed by atoms with Crippen molar-refractivity contribution in [2.24, 2.45) is 0 Å². The van der Waals surface area contributed by atoms with Crippen molar-refractivity contribution in [3.8, 4) is 22.9 Å². The summed E-state index contributed by atoms with van der Waals surface area (Å²) in [6.07, 6.45) is 4.06. The van der Waals surface area contributed by atoms with Crippen LogP contribution >= 0.6 is 0 Å². The van der Waals surface area contributed by atoms with E-state index in [-0.39, 0.29) is 6.04 Å². The van der Waals surface area contributed by atoms with E-state index in [1.807, 2.05) is 37.3 Å². The number of rotatable bonds is 8. The van der Waals surface area contributed by atoms with E-state index in [9.17, 15) is 12.8 Å². The molecule has 0 unspecified atom stereocenters. The van der Waals surface area contributed by atoms with Crippen molar-refractivity contribution >= 4 is 32.4 Å². The Morgan fingerprint density at radius 1 is 1.05 bits per heavy atom. The zero-order chi connectivity index (χ0) is 27.9. The minimum absolute atomic E-state index is 0.115. The van der Waals surface area contributed by atoms with Gasteiger partial charge < -0.3 is 15.4 Å². The van der Waals surface area contributed by atoms with Gasteiger partial charge in [0, 0.05) is 48.7 Å². The molecule has 0 bridgehead atoms. The minimum atomic E-state index is -3.53. The average Bonchev–Trinajstić information content (AvgIpc) is 3.70. The predicted molar refractivity (Wildman–Crippen MR) is 154 cm³/mol. The zero-order valence-corrected chi connectivity index (χ0v) is 23.1. The molecule has 3 N–H and O–H groups in total.